The molecular weight excluding hydrogens is 511 g/mol. The van der Waals surface area contributed by atoms with Gasteiger partial charge in [0.15, 0.2) is 5.96 Å². The molecule has 3 aliphatic heterocycles. The lowest BCUT2D eigenvalue weighted by Crippen LogP contribution is -2.59. The highest BCUT2D eigenvalue weighted by Crippen LogP contribution is 2.32. The summed E-state index contributed by atoms with van der Waals surface area (Å²) in [5.41, 5.74) is 1.58. The van der Waals surface area contributed by atoms with E-state index in [2.05, 4.69) is 69.2 Å². The Morgan fingerprint density at radius 3 is 2.19 bits per heavy atom. The molecule has 3 aliphatic rings. The lowest BCUT2D eigenvalue weighted by molar-refractivity contribution is 0.0206. The van der Waals surface area contributed by atoms with Gasteiger partial charge >= 0.3 is 0 Å². The van der Waals surface area contributed by atoms with E-state index in [1.807, 2.05) is 0 Å². The van der Waals surface area contributed by atoms with Crippen molar-refractivity contribution in [2.24, 2.45) is 4.99 Å². The summed E-state index contributed by atoms with van der Waals surface area (Å²) in [5, 5.41) is 3.60. The van der Waals surface area contributed by atoms with Crippen LogP contribution in [0.5, 0.6) is 0 Å². The minimum atomic E-state index is 0. The van der Waals surface area contributed by atoms with Gasteiger partial charge in [-0.3, -0.25) is 9.89 Å². The number of halogens is 1. The van der Waals surface area contributed by atoms with Crippen LogP contribution in [0.1, 0.15) is 39.0 Å². The first-order valence-corrected chi connectivity index (χ1v) is 12.5. The fourth-order valence-electron chi connectivity index (χ4n) is 5.44. The van der Waals surface area contributed by atoms with E-state index < -0.39 is 0 Å². The largest absolute Gasteiger partial charge is 0.368 e. The molecule has 3 saturated heterocycles. The molecule has 1 aromatic rings. The smallest absolute Gasteiger partial charge is 0.194 e. The van der Waals surface area contributed by atoms with Gasteiger partial charge in [-0.05, 0) is 78.0 Å². The maximum Gasteiger partial charge on any atom is 0.194 e. The molecule has 0 unspecified atom stereocenters. The molecule has 1 N–H and O–H groups in total. The van der Waals surface area contributed by atoms with Crippen LogP contribution in [0.4, 0.5) is 5.69 Å². The van der Waals surface area contributed by atoms with Gasteiger partial charge in [-0.25, -0.2) is 0 Å². The average Bonchev–Trinajstić information content (AvgIpc) is 2.84. The van der Waals surface area contributed by atoms with E-state index in [1.54, 1.807) is 0 Å². The number of likely N-dealkylation sites (tertiary alicyclic amines) is 2. The Kier molecular flexibility index (Phi) is 9.92. The van der Waals surface area contributed by atoms with Gasteiger partial charge in [0.05, 0.1) is 6.54 Å². The molecule has 0 spiro atoms. The van der Waals surface area contributed by atoms with E-state index in [9.17, 15) is 0 Å². The van der Waals surface area contributed by atoms with Crippen molar-refractivity contribution in [3.05, 3.63) is 30.3 Å². The summed E-state index contributed by atoms with van der Waals surface area (Å²) in [5.74, 6) is 1.12. The number of piperidine rings is 2. The van der Waals surface area contributed by atoms with Crippen LogP contribution in [0.15, 0.2) is 35.3 Å². The lowest BCUT2D eigenvalue weighted by Gasteiger charge is -2.49. The third-order valence-electron chi connectivity index (χ3n) is 7.50. The van der Waals surface area contributed by atoms with Gasteiger partial charge in [0.25, 0.3) is 0 Å². The van der Waals surface area contributed by atoms with Crippen molar-refractivity contribution < 1.29 is 0 Å². The minimum Gasteiger partial charge on any atom is -0.368 e. The molecule has 0 amide bonds. The number of hydrogen-bond donors (Lipinski definition) is 1. The van der Waals surface area contributed by atoms with Crippen LogP contribution in [-0.2, 0) is 0 Å². The molecule has 0 aliphatic carbocycles. The molecule has 4 rings (SSSR count). The number of para-hydroxylation sites is 1. The first-order chi connectivity index (χ1) is 15.2. The number of hydrogen-bond acceptors (Lipinski definition) is 4. The normalized spacial score (nSPS) is 23.0. The Morgan fingerprint density at radius 1 is 0.906 bits per heavy atom. The van der Waals surface area contributed by atoms with Gasteiger partial charge in [0.2, 0.25) is 0 Å². The van der Waals surface area contributed by atoms with Crippen LogP contribution in [0.25, 0.3) is 0 Å². The quantitative estimate of drug-likeness (QED) is 0.344. The first kappa shape index (κ1) is 25.6. The third-order valence-corrected chi connectivity index (χ3v) is 7.50. The van der Waals surface area contributed by atoms with Crippen molar-refractivity contribution in [2.45, 2.75) is 44.6 Å². The molecule has 0 radical (unpaired) electrons. The van der Waals surface area contributed by atoms with Gasteiger partial charge in [-0.2, -0.15) is 0 Å². The zero-order chi connectivity index (χ0) is 21.5. The maximum atomic E-state index is 5.28. The third kappa shape index (κ3) is 6.29. The molecule has 1 aromatic carbocycles. The number of benzene rings is 1. The molecular formula is C25H43IN6. The Balaban J connectivity index is 0.00000289. The molecule has 3 fully saturated rings. The van der Waals surface area contributed by atoms with Crippen molar-refractivity contribution in [1.82, 2.24) is 20.0 Å². The SMILES string of the molecule is CCNC(=NCC1(N2CCCCC2)CCN(C)CC1)N1CCN(c2ccccc2)CC1.I. The zero-order valence-electron chi connectivity index (χ0n) is 20.1. The van der Waals surface area contributed by atoms with Gasteiger partial charge in [-0.1, -0.05) is 24.6 Å². The molecule has 0 saturated carbocycles. The monoisotopic (exact) mass is 554 g/mol. The molecule has 6 nitrogen and oxygen atoms in total. The second kappa shape index (κ2) is 12.4. The number of aliphatic imine (C=N–C) groups is 1. The fourth-order valence-corrected chi connectivity index (χ4v) is 5.44. The summed E-state index contributed by atoms with van der Waals surface area (Å²) >= 11 is 0. The van der Waals surface area contributed by atoms with E-state index in [0.29, 0.717) is 0 Å². The Bertz CT molecular complexity index is 690. The molecule has 180 valence electrons. The van der Waals surface area contributed by atoms with Crippen LogP contribution in [0.2, 0.25) is 0 Å². The van der Waals surface area contributed by atoms with Crippen molar-refractivity contribution in [2.75, 3.05) is 77.4 Å². The number of piperazine rings is 1. The van der Waals surface area contributed by atoms with Gasteiger partial charge in [0.1, 0.15) is 0 Å². The van der Waals surface area contributed by atoms with Gasteiger partial charge in [-0.15, -0.1) is 24.0 Å². The van der Waals surface area contributed by atoms with Crippen molar-refractivity contribution in [3.63, 3.8) is 0 Å². The van der Waals surface area contributed by atoms with E-state index in [1.165, 1.54) is 64.0 Å². The summed E-state index contributed by atoms with van der Waals surface area (Å²) in [4.78, 5) is 15.5. The first-order valence-electron chi connectivity index (χ1n) is 12.5. The highest BCUT2D eigenvalue weighted by atomic mass is 127. The molecule has 32 heavy (non-hydrogen) atoms. The van der Waals surface area contributed by atoms with Crippen LogP contribution in [0, 0.1) is 0 Å². The van der Waals surface area contributed by atoms with Crippen molar-refractivity contribution >= 4 is 35.6 Å². The van der Waals surface area contributed by atoms with Crippen molar-refractivity contribution in [3.8, 4) is 0 Å². The van der Waals surface area contributed by atoms with Gasteiger partial charge < -0.3 is 20.0 Å². The maximum absolute atomic E-state index is 5.28. The van der Waals surface area contributed by atoms with E-state index >= 15 is 0 Å². The Hall–Kier alpha value is -1.06. The highest BCUT2D eigenvalue weighted by molar-refractivity contribution is 14.0. The summed E-state index contributed by atoms with van der Waals surface area (Å²) in [6, 6.07) is 10.8. The molecule has 3 heterocycles. The fraction of sp³-hybridized carbons (Fsp3) is 0.720. The van der Waals surface area contributed by atoms with Crippen molar-refractivity contribution in [1.29, 1.82) is 0 Å². The molecule has 0 atom stereocenters. The second-order valence-corrected chi connectivity index (χ2v) is 9.56. The average molecular weight is 555 g/mol. The second-order valence-electron chi connectivity index (χ2n) is 9.56. The topological polar surface area (TPSA) is 37.4 Å². The Labute approximate surface area is 212 Å². The predicted octanol–water partition coefficient (Wildman–Crippen LogP) is 3.34. The minimum absolute atomic E-state index is 0. The van der Waals surface area contributed by atoms with Crippen LogP contribution in [0.3, 0.4) is 0 Å². The predicted molar refractivity (Wildman–Crippen MR) is 147 cm³/mol. The molecule has 0 aromatic heterocycles. The molecule has 0 bridgehead atoms. The van der Waals surface area contributed by atoms with Gasteiger partial charge in [0, 0.05) is 44.0 Å². The number of nitrogens with zero attached hydrogens (tertiary/aromatic N) is 5. The number of anilines is 1. The number of nitrogens with one attached hydrogen (secondary N) is 1. The molecule has 7 heteroatoms. The van der Waals surface area contributed by atoms with Crippen LogP contribution in [-0.4, -0.2) is 98.7 Å². The Morgan fingerprint density at radius 2 is 1.56 bits per heavy atom. The standard InChI is InChI=1S/C25H42N6.HI/c1-3-26-24(30-20-18-29(19-21-30)23-10-6-4-7-11-23)27-22-25(12-16-28(2)17-13-25)31-14-8-5-9-15-31;/h4,6-7,10-11H,3,5,8-9,12-22H2,1-2H3,(H,26,27);1H. The van der Waals surface area contributed by atoms with E-state index in [-0.39, 0.29) is 29.5 Å². The number of guanidine groups is 1. The van der Waals surface area contributed by atoms with Crippen LogP contribution >= 0.6 is 24.0 Å². The summed E-state index contributed by atoms with van der Waals surface area (Å²) < 4.78 is 0. The van der Waals surface area contributed by atoms with E-state index in [0.717, 1.165) is 45.2 Å². The lowest BCUT2D eigenvalue weighted by atomic mass is 9.84. The zero-order valence-corrected chi connectivity index (χ0v) is 22.5. The summed E-state index contributed by atoms with van der Waals surface area (Å²) in [7, 11) is 2.26. The summed E-state index contributed by atoms with van der Waals surface area (Å²) in [6.45, 7) is 13.1. The van der Waals surface area contributed by atoms with Crippen LogP contribution < -0.4 is 10.2 Å². The van der Waals surface area contributed by atoms with E-state index in [4.69, 9.17) is 4.99 Å². The number of rotatable bonds is 5. The summed E-state index contributed by atoms with van der Waals surface area (Å²) in [6.07, 6.45) is 6.58. The highest BCUT2D eigenvalue weighted by Gasteiger charge is 2.39.